The smallest absolute Gasteiger partial charge is 0.254 e. The molecule has 0 spiro atoms. The van der Waals surface area contributed by atoms with Crippen LogP contribution in [0.4, 0.5) is 5.82 Å². The standard InChI is InChI=1S/C31H41ClN4O2/c1-7-8-9-10-13-23-16-18-24(19-17-23)30(38)35(22(2)3)21-29(37)33-28-20-27(31(4,5)6)34-36(28)26-15-12-11-14-25(26)32/h11-12,14-20,22H,7-10,13,21H2,1-6H3,(H,33,37). The summed E-state index contributed by atoms with van der Waals surface area (Å²) < 4.78 is 1.65. The Morgan fingerprint density at radius 1 is 1.03 bits per heavy atom. The number of rotatable bonds is 11. The molecular weight excluding hydrogens is 496 g/mol. The maximum absolute atomic E-state index is 13.4. The van der Waals surface area contributed by atoms with Crippen molar-refractivity contribution < 1.29 is 9.59 Å². The molecule has 0 bridgehead atoms. The number of benzene rings is 2. The molecule has 0 atom stereocenters. The van der Waals surface area contributed by atoms with Crippen LogP contribution in [-0.2, 0) is 16.6 Å². The second kappa shape index (κ2) is 13.1. The van der Waals surface area contributed by atoms with Crippen LogP contribution in [0.15, 0.2) is 54.6 Å². The molecule has 204 valence electrons. The molecule has 0 saturated carbocycles. The van der Waals surface area contributed by atoms with E-state index in [2.05, 4.69) is 33.0 Å². The Hall–Kier alpha value is -3.12. The Bertz CT molecular complexity index is 1230. The van der Waals surface area contributed by atoms with Crippen molar-refractivity contribution in [1.82, 2.24) is 14.7 Å². The zero-order valence-corrected chi connectivity index (χ0v) is 24.3. The van der Waals surface area contributed by atoms with E-state index in [1.54, 1.807) is 15.6 Å². The van der Waals surface area contributed by atoms with E-state index in [-0.39, 0.29) is 29.8 Å². The number of nitrogens with zero attached hydrogens (tertiary/aromatic N) is 3. The fourth-order valence-electron chi connectivity index (χ4n) is 4.21. The molecule has 2 amide bonds. The van der Waals surface area contributed by atoms with Gasteiger partial charge in [0, 0.05) is 23.1 Å². The molecule has 38 heavy (non-hydrogen) atoms. The van der Waals surface area contributed by atoms with Crippen molar-refractivity contribution in [3.05, 3.63) is 76.4 Å². The zero-order valence-electron chi connectivity index (χ0n) is 23.6. The van der Waals surface area contributed by atoms with Gasteiger partial charge in [-0.3, -0.25) is 9.59 Å². The minimum absolute atomic E-state index is 0.0756. The van der Waals surface area contributed by atoms with Gasteiger partial charge in [-0.15, -0.1) is 0 Å². The molecule has 7 heteroatoms. The molecule has 3 aromatic rings. The number of amides is 2. The highest BCUT2D eigenvalue weighted by molar-refractivity contribution is 6.32. The maximum atomic E-state index is 13.4. The molecule has 3 rings (SSSR count). The van der Waals surface area contributed by atoms with E-state index < -0.39 is 0 Å². The van der Waals surface area contributed by atoms with Crippen LogP contribution in [0.5, 0.6) is 0 Å². The molecule has 0 aliphatic heterocycles. The van der Waals surface area contributed by atoms with Gasteiger partial charge in [-0.05, 0) is 56.5 Å². The zero-order chi connectivity index (χ0) is 27.9. The number of nitrogens with one attached hydrogen (secondary N) is 1. The molecule has 0 aliphatic carbocycles. The van der Waals surface area contributed by atoms with E-state index in [0.717, 1.165) is 18.5 Å². The number of aromatic nitrogens is 2. The molecule has 0 unspecified atom stereocenters. The van der Waals surface area contributed by atoms with E-state index >= 15 is 0 Å². The first-order valence-electron chi connectivity index (χ1n) is 13.6. The molecule has 6 nitrogen and oxygen atoms in total. The van der Waals surface area contributed by atoms with Crippen molar-refractivity contribution in [3.63, 3.8) is 0 Å². The number of hydrogen-bond donors (Lipinski definition) is 1. The van der Waals surface area contributed by atoms with Crippen molar-refractivity contribution >= 4 is 29.2 Å². The number of carbonyl (C=O) groups excluding carboxylic acids is 2. The average Bonchev–Trinajstić information content (AvgIpc) is 3.29. The van der Waals surface area contributed by atoms with Gasteiger partial charge in [-0.2, -0.15) is 5.10 Å². The molecule has 0 saturated heterocycles. The Labute approximate surface area is 232 Å². The summed E-state index contributed by atoms with van der Waals surface area (Å²) in [5, 5.41) is 8.24. The van der Waals surface area contributed by atoms with Crippen molar-refractivity contribution in [1.29, 1.82) is 0 Å². The second-order valence-electron chi connectivity index (χ2n) is 11.1. The van der Waals surface area contributed by atoms with E-state index in [1.807, 2.05) is 62.4 Å². The lowest BCUT2D eigenvalue weighted by atomic mass is 9.92. The van der Waals surface area contributed by atoms with Gasteiger partial charge in [0.2, 0.25) is 5.91 Å². The maximum Gasteiger partial charge on any atom is 0.254 e. The van der Waals surface area contributed by atoms with Gasteiger partial charge in [-0.25, -0.2) is 4.68 Å². The van der Waals surface area contributed by atoms with Crippen LogP contribution in [0.2, 0.25) is 5.02 Å². The molecular formula is C31H41ClN4O2. The first kappa shape index (κ1) is 29.4. The van der Waals surface area contributed by atoms with Crippen LogP contribution < -0.4 is 5.32 Å². The normalized spacial score (nSPS) is 11.6. The van der Waals surface area contributed by atoms with Gasteiger partial charge < -0.3 is 10.2 Å². The van der Waals surface area contributed by atoms with Crippen LogP contribution in [0.3, 0.4) is 0 Å². The van der Waals surface area contributed by atoms with E-state index in [4.69, 9.17) is 16.7 Å². The lowest BCUT2D eigenvalue weighted by Gasteiger charge is -2.26. The van der Waals surface area contributed by atoms with Gasteiger partial charge >= 0.3 is 0 Å². The largest absolute Gasteiger partial charge is 0.327 e. The number of anilines is 1. The lowest BCUT2D eigenvalue weighted by Crippen LogP contribution is -2.42. The molecule has 0 radical (unpaired) electrons. The Balaban J connectivity index is 1.76. The quantitative estimate of drug-likeness (QED) is 0.259. The lowest BCUT2D eigenvalue weighted by molar-refractivity contribution is -0.117. The summed E-state index contributed by atoms with van der Waals surface area (Å²) in [6.45, 7) is 12.2. The van der Waals surface area contributed by atoms with Crippen LogP contribution in [0.1, 0.15) is 88.8 Å². The molecule has 1 heterocycles. The van der Waals surface area contributed by atoms with Gasteiger partial charge in [0.25, 0.3) is 5.91 Å². The summed E-state index contributed by atoms with van der Waals surface area (Å²) in [4.78, 5) is 28.2. The summed E-state index contributed by atoms with van der Waals surface area (Å²) in [5.41, 5.74) is 3.08. The van der Waals surface area contributed by atoms with Crippen molar-refractivity contribution in [3.8, 4) is 5.69 Å². The number of aryl methyl sites for hydroxylation is 1. The van der Waals surface area contributed by atoms with Crippen LogP contribution >= 0.6 is 11.6 Å². The highest BCUT2D eigenvalue weighted by atomic mass is 35.5. The van der Waals surface area contributed by atoms with Gasteiger partial charge in [-0.1, -0.05) is 82.8 Å². The minimum Gasteiger partial charge on any atom is -0.327 e. The summed E-state index contributed by atoms with van der Waals surface area (Å²) >= 11 is 6.45. The third-order valence-corrected chi connectivity index (χ3v) is 6.86. The molecule has 0 fully saturated rings. The SMILES string of the molecule is CCCCCCc1ccc(C(=O)N(CC(=O)Nc2cc(C(C)(C)C)nn2-c2ccccc2Cl)C(C)C)cc1. The van der Waals surface area contributed by atoms with Gasteiger partial charge in [0.05, 0.1) is 16.4 Å². The summed E-state index contributed by atoms with van der Waals surface area (Å²) in [7, 11) is 0. The third kappa shape index (κ3) is 7.70. The first-order valence-corrected chi connectivity index (χ1v) is 13.9. The monoisotopic (exact) mass is 536 g/mol. The van der Waals surface area contributed by atoms with E-state index in [0.29, 0.717) is 22.1 Å². The number of para-hydroxylation sites is 1. The van der Waals surface area contributed by atoms with Crippen molar-refractivity contribution in [2.24, 2.45) is 0 Å². The first-order chi connectivity index (χ1) is 18.0. The Morgan fingerprint density at radius 2 is 1.71 bits per heavy atom. The minimum atomic E-state index is -0.298. The summed E-state index contributed by atoms with van der Waals surface area (Å²) in [5.74, 6) is 0.0486. The van der Waals surface area contributed by atoms with Crippen LogP contribution in [0, 0.1) is 0 Å². The van der Waals surface area contributed by atoms with Crippen LogP contribution in [0.25, 0.3) is 5.69 Å². The Kier molecular flexibility index (Phi) is 10.1. The molecule has 1 aromatic heterocycles. The number of halogens is 1. The highest BCUT2D eigenvalue weighted by Gasteiger charge is 2.25. The predicted molar refractivity (Wildman–Crippen MR) is 156 cm³/mol. The fraction of sp³-hybridized carbons (Fsp3) is 0.452. The fourth-order valence-corrected chi connectivity index (χ4v) is 4.42. The molecule has 2 aromatic carbocycles. The van der Waals surface area contributed by atoms with Crippen molar-refractivity contribution in [2.45, 2.75) is 85.1 Å². The van der Waals surface area contributed by atoms with Crippen LogP contribution in [-0.4, -0.2) is 39.1 Å². The molecule has 1 N–H and O–H groups in total. The van der Waals surface area contributed by atoms with E-state index in [1.165, 1.54) is 24.8 Å². The topological polar surface area (TPSA) is 67.2 Å². The van der Waals surface area contributed by atoms with Gasteiger partial charge in [0.1, 0.15) is 12.4 Å². The third-order valence-electron chi connectivity index (χ3n) is 6.54. The summed E-state index contributed by atoms with van der Waals surface area (Å²) in [6.07, 6.45) is 5.85. The van der Waals surface area contributed by atoms with E-state index in [9.17, 15) is 9.59 Å². The number of unbranched alkanes of at least 4 members (excludes halogenated alkanes) is 3. The predicted octanol–water partition coefficient (Wildman–Crippen LogP) is 7.44. The average molecular weight is 537 g/mol. The number of hydrogen-bond acceptors (Lipinski definition) is 3. The molecule has 0 aliphatic rings. The highest BCUT2D eigenvalue weighted by Crippen LogP contribution is 2.29. The second-order valence-corrected chi connectivity index (χ2v) is 11.5. The summed E-state index contributed by atoms with van der Waals surface area (Å²) in [6, 6.07) is 16.9. The van der Waals surface area contributed by atoms with Gasteiger partial charge in [0.15, 0.2) is 0 Å². The van der Waals surface area contributed by atoms with Crippen molar-refractivity contribution in [2.75, 3.05) is 11.9 Å². The Morgan fingerprint density at radius 3 is 2.32 bits per heavy atom. The number of carbonyl (C=O) groups is 2.